The third-order valence-electron chi connectivity index (χ3n) is 4.36. The summed E-state index contributed by atoms with van der Waals surface area (Å²) in [7, 11) is 0. The molecule has 1 fully saturated rings. The van der Waals surface area contributed by atoms with Gasteiger partial charge in [0.15, 0.2) is 5.82 Å². The molecular weight excluding hydrogens is 423 g/mol. The SMILES string of the molecule is Nn1c(SCC(=O)NC(=O)NC2CCCCC2)nnc1-c1cc(Cl)ccc1Cl. The van der Waals surface area contributed by atoms with E-state index in [4.69, 9.17) is 29.0 Å². The molecule has 8 nitrogen and oxygen atoms in total. The summed E-state index contributed by atoms with van der Waals surface area (Å²) in [4.78, 5) is 23.9. The number of benzene rings is 1. The molecule has 3 amide bonds. The molecule has 1 aliphatic carbocycles. The number of thioether (sulfide) groups is 1. The van der Waals surface area contributed by atoms with Gasteiger partial charge < -0.3 is 11.2 Å². The number of rotatable bonds is 5. The largest absolute Gasteiger partial charge is 0.335 e. The number of carbonyl (C=O) groups excluding carboxylic acids is 2. The van der Waals surface area contributed by atoms with Gasteiger partial charge in [0, 0.05) is 16.6 Å². The summed E-state index contributed by atoms with van der Waals surface area (Å²) in [6.07, 6.45) is 5.28. The van der Waals surface area contributed by atoms with Crippen LogP contribution in [0.15, 0.2) is 23.4 Å². The molecular formula is C17H20Cl2N6O2S. The standard InChI is InChI=1S/C17H20Cl2N6O2S/c18-10-6-7-13(19)12(8-10)15-23-24-17(25(15)20)28-9-14(26)22-16(27)21-11-4-2-1-3-5-11/h6-8,11H,1-5,9,20H2,(H2,21,22,26,27). The Balaban J connectivity index is 1.54. The number of carbonyl (C=O) groups is 2. The monoisotopic (exact) mass is 442 g/mol. The minimum Gasteiger partial charge on any atom is -0.335 e. The van der Waals surface area contributed by atoms with Gasteiger partial charge in [-0.2, -0.15) is 0 Å². The van der Waals surface area contributed by atoms with Crippen LogP contribution in [0.4, 0.5) is 4.79 Å². The van der Waals surface area contributed by atoms with Gasteiger partial charge in [-0.1, -0.05) is 54.2 Å². The lowest BCUT2D eigenvalue weighted by atomic mass is 9.96. The molecule has 0 saturated heterocycles. The predicted octanol–water partition coefficient (Wildman–Crippen LogP) is 3.22. The van der Waals surface area contributed by atoms with Crippen molar-refractivity contribution in [2.24, 2.45) is 0 Å². The van der Waals surface area contributed by atoms with Crippen LogP contribution in [0.3, 0.4) is 0 Å². The Labute approximate surface area is 176 Å². The van der Waals surface area contributed by atoms with Crippen LogP contribution in [0.5, 0.6) is 0 Å². The van der Waals surface area contributed by atoms with Crippen LogP contribution < -0.4 is 16.5 Å². The van der Waals surface area contributed by atoms with E-state index in [0.717, 1.165) is 37.4 Å². The lowest BCUT2D eigenvalue weighted by Gasteiger charge is -2.22. The maximum Gasteiger partial charge on any atom is 0.321 e. The molecule has 0 bridgehead atoms. The molecule has 1 heterocycles. The highest BCUT2D eigenvalue weighted by Gasteiger charge is 2.19. The zero-order valence-corrected chi connectivity index (χ0v) is 17.3. The molecule has 3 rings (SSSR count). The molecule has 0 aliphatic heterocycles. The number of halogens is 2. The predicted molar refractivity (Wildman–Crippen MR) is 110 cm³/mol. The third-order valence-corrected chi connectivity index (χ3v) is 5.87. The third kappa shape index (κ3) is 5.30. The first-order valence-corrected chi connectivity index (χ1v) is 10.6. The van der Waals surface area contributed by atoms with Crippen LogP contribution in [0.2, 0.25) is 10.0 Å². The molecule has 0 atom stereocenters. The van der Waals surface area contributed by atoms with Crippen molar-refractivity contribution in [1.29, 1.82) is 0 Å². The van der Waals surface area contributed by atoms with Crippen molar-refractivity contribution in [3.05, 3.63) is 28.2 Å². The first-order chi connectivity index (χ1) is 13.4. The van der Waals surface area contributed by atoms with E-state index in [2.05, 4.69) is 20.8 Å². The van der Waals surface area contributed by atoms with E-state index in [9.17, 15) is 9.59 Å². The Morgan fingerprint density at radius 2 is 1.96 bits per heavy atom. The first kappa shape index (κ1) is 20.8. The molecule has 0 unspecified atom stereocenters. The quantitative estimate of drug-likeness (QED) is 0.483. The molecule has 11 heteroatoms. The molecule has 0 radical (unpaired) electrons. The van der Waals surface area contributed by atoms with Gasteiger partial charge in [0.2, 0.25) is 11.1 Å². The topological polar surface area (TPSA) is 115 Å². The van der Waals surface area contributed by atoms with Gasteiger partial charge in [0.25, 0.3) is 0 Å². The van der Waals surface area contributed by atoms with Crippen molar-refractivity contribution < 1.29 is 9.59 Å². The summed E-state index contributed by atoms with van der Waals surface area (Å²) < 4.78 is 1.23. The molecule has 1 saturated carbocycles. The average molecular weight is 443 g/mol. The van der Waals surface area contributed by atoms with Gasteiger partial charge in [0.1, 0.15) is 0 Å². The van der Waals surface area contributed by atoms with Crippen LogP contribution >= 0.6 is 35.0 Å². The Morgan fingerprint density at radius 3 is 2.71 bits per heavy atom. The Kier molecular flexibility index (Phi) is 7.03. The summed E-state index contributed by atoms with van der Waals surface area (Å²) >= 11 is 13.2. The van der Waals surface area contributed by atoms with E-state index in [0.29, 0.717) is 26.6 Å². The highest BCUT2D eigenvalue weighted by molar-refractivity contribution is 7.99. The van der Waals surface area contributed by atoms with Gasteiger partial charge in [-0.05, 0) is 31.0 Å². The fraction of sp³-hybridized carbons (Fsp3) is 0.412. The minimum absolute atomic E-state index is 0.0311. The molecule has 2 aromatic rings. The highest BCUT2D eigenvalue weighted by Crippen LogP contribution is 2.30. The average Bonchev–Trinajstić information content (AvgIpc) is 3.03. The number of urea groups is 1. The normalized spacial score (nSPS) is 14.6. The fourth-order valence-electron chi connectivity index (χ4n) is 2.99. The van der Waals surface area contributed by atoms with Crippen LogP contribution in [0.1, 0.15) is 32.1 Å². The number of aromatic nitrogens is 3. The van der Waals surface area contributed by atoms with Crippen molar-refractivity contribution in [1.82, 2.24) is 25.5 Å². The second-order valence-corrected chi connectivity index (χ2v) is 8.23. The fourth-order valence-corrected chi connectivity index (χ4v) is 4.02. The van der Waals surface area contributed by atoms with Gasteiger partial charge in [-0.3, -0.25) is 10.1 Å². The lowest BCUT2D eigenvalue weighted by Crippen LogP contribution is -2.45. The van der Waals surface area contributed by atoms with Gasteiger partial charge in [0.05, 0.1) is 10.8 Å². The van der Waals surface area contributed by atoms with E-state index in [1.807, 2.05) is 0 Å². The van der Waals surface area contributed by atoms with Crippen molar-refractivity contribution in [2.45, 2.75) is 43.3 Å². The number of hydrogen-bond donors (Lipinski definition) is 3. The number of imide groups is 1. The molecule has 1 aromatic carbocycles. The highest BCUT2D eigenvalue weighted by atomic mass is 35.5. The molecule has 150 valence electrons. The number of nitrogens with one attached hydrogen (secondary N) is 2. The summed E-state index contributed by atoms with van der Waals surface area (Å²) in [5, 5.41) is 14.4. The summed E-state index contributed by atoms with van der Waals surface area (Å²) in [6.45, 7) is 0. The Morgan fingerprint density at radius 1 is 1.21 bits per heavy atom. The van der Waals surface area contributed by atoms with Gasteiger partial charge in [-0.25, -0.2) is 9.47 Å². The van der Waals surface area contributed by atoms with E-state index in [1.54, 1.807) is 18.2 Å². The first-order valence-electron chi connectivity index (χ1n) is 8.83. The van der Waals surface area contributed by atoms with E-state index in [1.165, 1.54) is 11.1 Å². The van der Waals surface area contributed by atoms with Crippen molar-refractivity contribution >= 4 is 46.9 Å². The Bertz CT molecular complexity index is 869. The van der Waals surface area contributed by atoms with E-state index >= 15 is 0 Å². The van der Waals surface area contributed by atoms with Gasteiger partial charge >= 0.3 is 6.03 Å². The summed E-state index contributed by atoms with van der Waals surface area (Å²) in [5.41, 5.74) is 0.535. The summed E-state index contributed by atoms with van der Waals surface area (Å²) in [5.74, 6) is 5.88. The lowest BCUT2D eigenvalue weighted by molar-refractivity contribution is -0.117. The van der Waals surface area contributed by atoms with E-state index < -0.39 is 11.9 Å². The number of nitrogens with two attached hydrogens (primary N) is 1. The maximum absolute atomic E-state index is 12.0. The minimum atomic E-state index is -0.474. The number of hydrogen-bond acceptors (Lipinski definition) is 6. The molecule has 1 aromatic heterocycles. The summed E-state index contributed by atoms with van der Waals surface area (Å²) in [6, 6.07) is 4.58. The van der Waals surface area contributed by atoms with Crippen molar-refractivity contribution in [3.8, 4) is 11.4 Å². The number of nitrogens with zero attached hydrogens (tertiary/aromatic N) is 3. The number of amides is 3. The van der Waals surface area contributed by atoms with Crippen LogP contribution in [0, 0.1) is 0 Å². The Hall–Kier alpha value is -1.97. The second kappa shape index (κ2) is 9.49. The molecule has 0 spiro atoms. The van der Waals surface area contributed by atoms with Crippen LogP contribution in [-0.2, 0) is 4.79 Å². The van der Waals surface area contributed by atoms with Gasteiger partial charge in [-0.15, -0.1) is 10.2 Å². The zero-order valence-electron chi connectivity index (χ0n) is 15.0. The second-order valence-electron chi connectivity index (χ2n) is 6.45. The number of nitrogen functional groups attached to an aromatic ring is 1. The van der Waals surface area contributed by atoms with Crippen LogP contribution in [0.25, 0.3) is 11.4 Å². The van der Waals surface area contributed by atoms with Crippen molar-refractivity contribution in [2.75, 3.05) is 11.6 Å². The molecule has 4 N–H and O–H groups in total. The van der Waals surface area contributed by atoms with Crippen molar-refractivity contribution in [3.63, 3.8) is 0 Å². The maximum atomic E-state index is 12.0. The van der Waals surface area contributed by atoms with E-state index in [-0.39, 0.29) is 11.8 Å². The zero-order chi connectivity index (χ0) is 20.1. The molecule has 1 aliphatic rings. The molecule has 28 heavy (non-hydrogen) atoms. The van der Waals surface area contributed by atoms with Crippen LogP contribution in [-0.4, -0.2) is 38.6 Å². The smallest absolute Gasteiger partial charge is 0.321 e.